The lowest BCUT2D eigenvalue weighted by molar-refractivity contribution is -0.146. The molecule has 3 heterocycles. The number of nitrogen functional groups attached to an aromatic ring is 1. The van der Waals surface area contributed by atoms with E-state index in [1.54, 1.807) is 0 Å². The quantitative estimate of drug-likeness (QED) is 0.514. The second kappa shape index (κ2) is 5.48. The third kappa shape index (κ3) is 2.61. The molecule has 21 heavy (non-hydrogen) atoms. The van der Waals surface area contributed by atoms with Crippen LogP contribution >= 0.6 is 34.9 Å². The Kier molecular flexibility index (Phi) is 3.82. The second-order valence-corrected chi connectivity index (χ2v) is 7.91. The fourth-order valence-corrected chi connectivity index (χ4v) is 5.21. The number of thioether (sulfide) groups is 2. The van der Waals surface area contributed by atoms with Crippen LogP contribution < -0.4 is 11.5 Å². The minimum atomic E-state index is -1.13. The number of fused-ring (bicyclic) bond motifs is 1. The third-order valence-corrected chi connectivity index (χ3v) is 6.28. The number of carbonyl (C=O) groups excluding carboxylic acids is 1. The molecule has 0 aliphatic carbocycles. The van der Waals surface area contributed by atoms with E-state index in [4.69, 9.17) is 11.5 Å². The molecule has 0 aromatic carbocycles. The normalized spacial score (nSPS) is 24.8. The summed E-state index contributed by atoms with van der Waals surface area (Å²) in [5, 5.41) is 16.7. The lowest BCUT2D eigenvalue weighted by atomic mass is 10.1. The van der Waals surface area contributed by atoms with Crippen molar-refractivity contribution in [1.82, 2.24) is 15.1 Å². The van der Waals surface area contributed by atoms with E-state index in [-0.39, 0.29) is 17.0 Å². The molecular weight excluding hydrogens is 334 g/mol. The van der Waals surface area contributed by atoms with Crippen molar-refractivity contribution in [3.8, 4) is 0 Å². The number of anilines is 1. The van der Waals surface area contributed by atoms with Crippen molar-refractivity contribution in [2.75, 3.05) is 11.5 Å². The molecule has 2 aliphatic heterocycles. The zero-order valence-corrected chi connectivity index (χ0v) is 13.0. The summed E-state index contributed by atoms with van der Waals surface area (Å²) in [6, 6.07) is 0. The van der Waals surface area contributed by atoms with Crippen LogP contribution in [0.3, 0.4) is 0 Å². The number of aliphatic carboxylic acids is 1. The molecular formula is C10H11N5O3S3. The maximum Gasteiger partial charge on any atom is 0.352 e. The van der Waals surface area contributed by atoms with Gasteiger partial charge in [0.1, 0.15) is 5.70 Å². The van der Waals surface area contributed by atoms with Crippen LogP contribution in [0, 0.1) is 0 Å². The Labute approximate surface area is 132 Å². The Balaban J connectivity index is 1.86. The number of amides is 1. The number of aromatic nitrogens is 2. The van der Waals surface area contributed by atoms with Crippen LogP contribution in [0.5, 0.6) is 0 Å². The molecule has 1 saturated heterocycles. The molecule has 8 nitrogen and oxygen atoms in total. The van der Waals surface area contributed by atoms with Crippen molar-refractivity contribution < 1.29 is 14.7 Å². The summed E-state index contributed by atoms with van der Waals surface area (Å²) in [6.45, 7) is 0. The Morgan fingerprint density at radius 1 is 1.52 bits per heavy atom. The zero-order chi connectivity index (χ0) is 15.1. The van der Waals surface area contributed by atoms with Crippen LogP contribution in [-0.4, -0.2) is 48.6 Å². The molecule has 0 bridgehead atoms. The predicted octanol–water partition coefficient (Wildman–Crippen LogP) is 0.141. The first-order chi connectivity index (χ1) is 9.97. The van der Waals surface area contributed by atoms with Crippen LogP contribution in [0.4, 0.5) is 5.13 Å². The van der Waals surface area contributed by atoms with Crippen molar-refractivity contribution in [3.05, 3.63) is 11.3 Å². The van der Waals surface area contributed by atoms with Gasteiger partial charge in [-0.25, -0.2) is 4.79 Å². The number of nitrogens with two attached hydrogens (primary N) is 2. The number of carbonyl (C=O) groups is 2. The molecule has 1 unspecified atom stereocenters. The van der Waals surface area contributed by atoms with Crippen LogP contribution in [-0.2, 0) is 9.59 Å². The molecule has 0 saturated carbocycles. The standard InChI is InChI=1S/C10H11N5O3S3/c11-7-3(2-19-10-14-13-9(12)21-10)6(8(17)18)15-4(16)1-5(15)20-7/h5,7H,1-2,11H2,(H2,12,13)(H,17,18)/t5-,7?/m1/s1. The monoisotopic (exact) mass is 345 g/mol. The van der Waals surface area contributed by atoms with E-state index < -0.39 is 11.3 Å². The Bertz CT molecular complexity index is 646. The van der Waals surface area contributed by atoms with Crippen molar-refractivity contribution in [1.29, 1.82) is 0 Å². The highest BCUT2D eigenvalue weighted by atomic mass is 32.2. The smallest absolute Gasteiger partial charge is 0.352 e. The highest BCUT2D eigenvalue weighted by Crippen LogP contribution is 2.43. The molecule has 2 aliphatic rings. The molecule has 0 radical (unpaired) electrons. The first-order valence-corrected chi connectivity index (χ1v) is 8.63. The summed E-state index contributed by atoms with van der Waals surface area (Å²) in [6.07, 6.45) is 0.336. The molecule has 112 valence electrons. The zero-order valence-electron chi connectivity index (χ0n) is 10.6. The van der Waals surface area contributed by atoms with Gasteiger partial charge < -0.3 is 16.6 Å². The molecule has 2 atom stereocenters. The highest BCUT2D eigenvalue weighted by molar-refractivity contribution is 8.02. The second-order valence-electron chi connectivity index (χ2n) is 4.35. The number of rotatable bonds is 4. The first kappa shape index (κ1) is 14.6. The van der Waals surface area contributed by atoms with Gasteiger partial charge in [0.15, 0.2) is 4.34 Å². The van der Waals surface area contributed by atoms with Crippen molar-refractivity contribution >= 4 is 51.9 Å². The SMILES string of the molecule is Nc1nnc(SCC2=C(C(=O)O)N3C(=O)C[C@H]3SC2N)s1. The fraction of sp³-hybridized carbons (Fsp3) is 0.400. The van der Waals surface area contributed by atoms with E-state index >= 15 is 0 Å². The number of hydrogen-bond donors (Lipinski definition) is 3. The molecule has 11 heteroatoms. The summed E-state index contributed by atoms with van der Waals surface area (Å²) in [7, 11) is 0. The van der Waals surface area contributed by atoms with Gasteiger partial charge in [0.25, 0.3) is 0 Å². The summed E-state index contributed by atoms with van der Waals surface area (Å²) in [4.78, 5) is 24.5. The van der Waals surface area contributed by atoms with Crippen molar-refractivity contribution in [3.63, 3.8) is 0 Å². The Hall–Kier alpha value is -1.30. The summed E-state index contributed by atoms with van der Waals surface area (Å²) in [5.41, 5.74) is 12.1. The first-order valence-electron chi connectivity index (χ1n) is 5.88. The van der Waals surface area contributed by atoms with Gasteiger partial charge in [-0.1, -0.05) is 23.1 Å². The van der Waals surface area contributed by atoms with E-state index in [1.807, 2.05) is 0 Å². The molecule has 3 rings (SSSR count). The third-order valence-electron chi connectivity index (χ3n) is 3.07. The lowest BCUT2D eigenvalue weighted by Gasteiger charge is -2.45. The molecule has 1 fully saturated rings. The van der Waals surface area contributed by atoms with Crippen LogP contribution in [0.2, 0.25) is 0 Å². The van der Waals surface area contributed by atoms with Gasteiger partial charge in [0.05, 0.1) is 17.2 Å². The average molecular weight is 345 g/mol. The minimum absolute atomic E-state index is 0.00693. The predicted molar refractivity (Wildman–Crippen MR) is 80.5 cm³/mol. The lowest BCUT2D eigenvalue weighted by Crippen LogP contribution is -2.56. The summed E-state index contributed by atoms with van der Waals surface area (Å²) < 4.78 is 0.638. The number of carboxylic acids is 1. The van der Waals surface area contributed by atoms with Crippen molar-refractivity contribution in [2.24, 2.45) is 5.73 Å². The highest BCUT2D eigenvalue weighted by Gasteiger charge is 2.47. The molecule has 5 N–H and O–H groups in total. The molecule has 0 spiro atoms. The van der Waals surface area contributed by atoms with Crippen molar-refractivity contribution in [2.45, 2.75) is 21.5 Å². The molecule has 1 aromatic heterocycles. The average Bonchev–Trinajstić information content (AvgIpc) is 2.82. The van der Waals surface area contributed by atoms with Gasteiger partial charge in [-0.3, -0.25) is 9.69 Å². The van der Waals surface area contributed by atoms with Gasteiger partial charge in [0, 0.05) is 5.75 Å². The largest absolute Gasteiger partial charge is 0.477 e. The van der Waals surface area contributed by atoms with E-state index in [0.29, 0.717) is 27.2 Å². The van der Waals surface area contributed by atoms with Gasteiger partial charge >= 0.3 is 5.97 Å². The maximum absolute atomic E-state index is 11.6. The van der Waals surface area contributed by atoms with Crippen LogP contribution in [0.25, 0.3) is 0 Å². The maximum atomic E-state index is 11.6. The Morgan fingerprint density at radius 3 is 2.86 bits per heavy atom. The summed E-state index contributed by atoms with van der Waals surface area (Å²) in [5.74, 6) is -0.975. The molecule has 1 aromatic rings. The van der Waals surface area contributed by atoms with Crippen LogP contribution in [0.15, 0.2) is 15.6 Å². The van der Waals surface area contributed by atoms with Gasteiger partial charge in [0.2, 0.25) is 11.0 Å². The van der Waals surface area contributed by atoms with Gasteiger partial charge in [-0.2, -0.15) is 0 Å². The number of carboxylic acid groups (broad SMARTS) is 1. The molecule has 1 amide bonds. The minimum Gasteiger partial charge on any atom is -0.477 e. The van der Waals surface area contributed by atoms with E-state index in [2.05, 4.69) is 10.2 Å². The summed E-state index contributed by atoms with van der Waals surface area (Å²) >= 11 is 3.94. The topological polar surface area (TPSA) is 135 Å². The fourth-order valence-electron chi connectivity index (χ4n) is 2.11. The van der Waals surface area contributed by atoms with Gasteiger partial charge in [-0.05, 0) is 5.57 Å². The number of nitrogens with zero attached hydrogens (tertiary/aromatic N) is 3. The van der Waals surface area contributed by atoms with Crippen LogP contribution in [0.1, 0.15) is 6.42 Å². The Morgan fingerprint density at radius 2 is 2.29 bits per heavy atom. The van der Waals surface area contributed by atoms with Gasteiger partial charge in [-0.15, -0.1) is 22.0 Å². The number of β-lactam (4-membered cyclic amide) rings is 1. The van der Waals surface area contributed by atoms with E-state index in [9.17, 15) is 14.7 Å². The number of hydrogen-bond acceptors (Lipinski definition) is 9. The van der Waals surface area contributed by atoms with E-state index in [1.165, 1.54) is 39.8 Å². The van der Waals surface area contributed by atoms with E-state index in [0.717, 1.165) is 0 Å².